The van der Waals surface area contributed by atoms with E-state index in [1.165, 1.54) is 0 Å². The maximum atomic E-state index is 12.2. The van der Waals surface area contributed by atoms with Crippen LogP contribution in [0.4, 0.5) is 4.79 Å². The van der Waals surface area contributed by atoms with Crippen LogP contribution in [0.25, 0.3) is 0 Å². The predicted octanol–water partition coefficient (Wildman–Crippen LogP) is 2.04. The summed E-state index contributed by atoms with van der Waals surface area (Å²) in [5.74, 6) is -0.497. The van der Waals surface area contributed by atoms with Crippen LogP contribution in [0.5, 0.6) is 0 Å². The molecule has 1 unspecified atom stereocenters. The molecule has 1 amide bonds. The Kier molecular flexibility index (Phi) is 6.01. The van der Waals surface area contributed by atoms with Crippen LogP contribution < -0.4 is 0 Å². The van der Waals surface area contributed by atoms with Crippen LogP contribution in [0.3, 0.4) is 0 Å². The molecule has 1 aliphatic heterocycles. The van der Waals surface area contributed by atoms with E-state index in [0.29, 0.717) is 12.5 Å². The van der Waals surface area contributed by atoms with Crippen molar-refractivity contribution in [1.29, 1.82) is 0 Å². The molecule has 1 atom stereocenters. The molecule has 1 saturated heterocycles. The van der Waals surface area contributed by atoms with Crippen LogP contribution in [0.15, 0.2) is 0 Å². The Labute approximate surface area is 127 Å². The number of amides is 1. The van der Waals surface area contributed by atoms with Gasteiger partial charge in [-0.25, -0.2) is 4.79 Å². The first-order chi connectivity index (χ1) is 9.58. The first kappa shape index (κ1) is 17.8. The van der Waals surface area contributed by atoms with Gasteiger partial charge in [0.1, 0.15) is 5.60 Å². The molecule has 122 valence electrons. The van der Waals surface area contributed by atoms with Gasteiger partial charge in [0.15, 0.2) is 0 Å². The van der Waals surface area contributed by atoms with E-state index in [4.69, 9.17) is 9.84 Å². The van der Waals surface area contributed by atoms with Crippen molar-refractivity contribution in [2.24, 2.45) is 5.92 Å². The number of carboxylic acid groups (broad SMARTS) is 1. The average molecular weight is 300 g/mol. The molecule has 0 saturated carbocycles. The Morgan fingerprint density at radius 2 is 2.00 bits per heavy atom. The Hall–Kier alpha value is -1.30. The minimum atomic E-state index is -0.802. The van der Waals surface area contributed by atoms with Crippen molar-refractivity contribution in [3.63, 3.8) is 0 Å². The number of ether oxygens (including phenoxy) is 1. The largest absolute Gasteiger partial charge is 0.480 e. The summed E-state index contributed by atoms with van der Waals surface area (Å²) in [5, 5.41) is 8.82. The highest BCUT2D eigenvalue weighted by atomic mass is 16.6. The lowest BCUT2D eigenvalue weighted by atomic mass is 10.1. The molecule has 0 aromatic rings. The van der Waals surface area contributed by atoms with Gasteiger partial charge in [0.25, 0.3) is 0 Å². The number of hydrogen-bond acceptors (Lipinski definition) is 4. The van der Waals surface area contributed by atoms with Crippen LogP contribution in [0.2, 0.25) is 0 Å². The number of likely N-dealkylation sites (tertiary alicyclic amines) is 1. The molecule has 0 radical (unpaired) electrons. The first-order valence-corrected chi connectivity index (χ1v) is 7.52. The second kappa shape index (κ2) is 7.11. The third kappa shape index (κ3) is 6.33. The Bertz CT molecular complexity index is 376. The zero-order chi connectivity index (χ0) is 16.2. The van der Waals surface area contributed by atoms with Gasteiger partial charge < -0.3 is 14.7 Å². The maximum absolute atomic E-state index is 12.2. The normalized spacial score (nSPS) is 19.8. The van der Waals surface area contributed by atoms with Gasteiger partial charge in [-0.2, -0.15) is 0 Å². The highest BCUT2D eigenvalue weighted by Gasteiger charge is 2.30. The van der Waals surface area contributed by atoms with Gasteiger partial charge in [-0.1, -0.05) is 0 Å². The summed E-state index contributed by atoms with van der Waals surface area (Å²) >= 11 is 0. The number of carbonyl (C=O) groups is 2. The summed E-state index contributed by atoms with van der Waals surface area (Å²) in [6.45, 7) is 11.7. The molecule has 1 aliphatic rings. The third-order valence-corrected chi connectivity index (χ3v) is 3.44. The van der Waals surface area contributed by atoms with Crippen molar-refractivity contribution in [2.45, 2.75) is 52.7 Å². The van der Waals surface area contributed by atoms with Crippen LogP contribution in [0.1, 0.15) is 41.0 Å². The van der Waals surface area contributed by atoms with Crippen LogP contribution >= 0.6 is 0 Å². The molecule has 0 aromatic carbocycles. The van der Waals surface area contributed by atoms with E-state index >= 15 is 0 Å². The van der Waals surface area contributed by atoms with E-state index in [1.54, 1.807) is 4.90 Å². The first-order valence-electron chi connectivity index (χ1n) is 7.52. The molecule has 6 heteroatoms. The number of rotatable bonds is 5. The number of aliphatic carboxylic acids is 1. The number of carboxylic acids is 1. The number of hydrogen-bond donors (Lipinski definition) is 1. The van der Waals surface area contributed by atoms with Gasteiger partial charge in [0.2, 0.25) is 0 Å². The van der Waals surface area contributed by atoms with E-state index in [1.807, 2.05) is 39.5 Å². The molecule has 1 rings (SSSR count). The summed E-state index contributed by atoms with van der Waals surface area (Å²) in [4.78, 5) is 26.6. The highest BCUT2D eigenvalue weighted by Crippen LogP contribution is 2.20. The third-order valence-electron chi connectivity index (χ3n) is 3.44. The van der Waals surface area contributed by atoms with Gasteiger partial charge in [-0.15, -0.1) is 0 Å². The molecule has 0 aliphatic carbocycles. The van der Waals surface area contributed by atoms with E-state index in [9.17, 15) is 9.59 Å². The molecule has 0 spiro atoms. The molecule has 21 heavy (non-hydrogen) atoms. The summed E-state index contributed by atoms with van der Waals surface area (Å²) in [5.41, 5.74) is -0.505. The van der Waals surface area contributed by atoms with Crippen molar-refractivity contribution in [3.8, 4) is 0 Å². The average Bonchev–Trinajstić information content (AvgIpc) is 2.69. The fourth-order valence-corrected chi connectivity index (χ4v) is 2.49. The Balaban J connectivity index is 2.56. The van der Waals surface area contributed by atoms with E-state index in [-0.39, 0.29) is 18.7 Å². The minimum absolute atomic E-state index is 0.0633. The quantitative estimate of drug-likeness (QED) is 0.841. The molecule has 6 nitrogen and oxygen atoms in total. The SMILES string of the molecule is CC(C)N(CC1CCN(CC(=O)O)C1)C(=O)OC(C)(C)C. The highest BCUT2D eigenvalue weighted by molar-refractivity contribution is 5.69. The number of nitrogens with zero attached hydrogens (tertiary/aromatic N) is 2. The van der Waals surface area contributed by atoms with Gasteiger partial charge in [0.05, 0.1) is 6.54 Å². The van der Waals surface area contributed by atoms with E-state index in [2.05, 4.69) is 0 Å². The summed E-state index contributed by atoms with van der Waals surface area (Å²) in [7, 11) is 0. The Morgan fingerprint density at radius 1 is 1.38 bits per heavy atom. The van der Waals surface area contributed by atoms with Crippen molar-refractivity contribution < 1.29 is 19.4 Å². The number of carbonyl (C=O) groups excluding carboxylic acids is 1. The Morgan fingerprint density at radius 3 is 2.48 bits per heavy atom. The van der Waals surface area contributed by atoms with Gasteiger partial charge in [0, 0.05) is 19.1 Å². The molecule has 0 aromatic heterocycles. The lowest BCUT2D eigenvalue weighted by Gasteiger charge is -2.32. The van der Waals surface area contributed by atoms with Crippen molar-refractivity contribution in [1.82, 2.24) is 9.80 Å². The summed E-state index contributed by atoms with van der Waals surface area (Å²) in [6, 6.07) is 0.0633. The van der Waals surface area contributed by atoms with Crippen molar-refractivity contribution in [2.75, 3.05) is 26.2 Å². The zero-order valence-corrected chi connectivity index (χ0v) is 13.8. The molecule has 1 N–H and O–H groups in total. The van der Waals surface area contributed by atoms with Crippen LogP contribution in [-0.2, 0) is 9.53 Å². The fourth-order valence-electron chi connectivity index (χ4n) is 2.49. The fraction of sp³-hybridized carbons (Fsp3) is 0.867. The minimum Gasteiger partial charge on any atom is -0.480 e. The smallest absolute Gasteiger partial charge is 0.410 e. The van der Waals surface area contributed by atoms with Gasteiger partial charge in [-0.3, -0.25) is 9.69 Å². The molecule has 1 heterocycles. The summed E-state index contributed by atoms with van der Waals surface area (Å²) < 4.78 is 5.44. The molecule has 0 bridgehead atoms. The maximum Gasteiger partial charge on any atom is 0.410 e. The van der Waals surface area contributed by atoms with Gasteiger partial charge >= 0.3 is 12.1 Å². The van der Waals surface area contributed by atoms with Gasteiger partial charge in [-0.05, 0) is 53.5 Å². The van der Waals surface area contributed by atoms with Crippen LogP contribution in [0, 0.1) is 5.92 Å². The standard InChI is InChI=1S/C15H28N2O4/c1-11(2)17(14(20)21-15(3,4)5)9-12-6-7-16(8-12)10-13(18)19/h11-12H,6-10H2,1-5H3,(H,18,19). The summed E-state index contributed by atoms with van der Waals surface area (Å²) in [6.07, 6.45) is 0.619. The van der Waals surface area contributed by atoms with Crippen LogP contribution in [-0.4, -0.2) is 64.8 Å². The predicted molar refractivity (Wildman–Crippen MR) is 80.3 cm³/mol. The van der Waals surface area contributed by atoms with Crippen molar-refractivity contribution >= 4 is 12.1 Å². The molecule has 1 fully saturated rings. The lowest BCUT2D eigenvalue weighted by Crippen LogP contribution is -2.44. The van der Waals surface area contributed by atoms with Crippen molar-refractivity contribution in [3.05, 3.63) is 0 Å². The second-order valence-electron chi connectivity index (χ2n) is 7.01. The topological polar surface area (TPSA) is 70.1 Å². The zero-order valence-electron chi connectivity index (χ0n) is 13.8. The van der Waals surface area contributed by atoms with E-state index < -0.39 is 11.6 Å². The molecular weight excluding hydrogens is 272 g/mol. The lowest BCUT2D eigenvalue weighted by molar-refractivity contribution is -0.138. The second-order valence-corrected chi connectivity index (χ2v) is 7.01. The molecular formula is C15H28N2O4. The monoisotopic (exact) mass is 300 g/mol. The van der Waals surface area contributed by atoms with E-state index in [0.717, 1.165) is 19.5 Å².